The van der Waals surface area contributed by atoms with Crippen molar-refractivity contribution in [3.63, 3.8) is 0 Å². The highest BCUT2D eigenvalue weighted by molar-refractivity contribution is 5.78. The molecule has 1 heterocycles. The Morgan fingerprint density at radius 3 is 1.81 bits per heavy atom. The molecule has 0 fully saturated rings. The van der Waals surface area contributed by atoms with Crippen molar-refractivity contribution in [1.29, 1.82) is 0 Å². The maximum absolute atomic E-state index is 12.9. The fourth-order valence-electron chi connectivity index (χ4n) is 2.13. The first-order chi connectivity index (χ1) is 10.1. The molecule has 0 saturated heterocycles. The van der Waals surface area contributed by atoms with Crippen molar-refractivity contribution >= 4 is 0 Å². The first-order valence-electron chi connectivity index (χ1n) is 6.34. The van der Waals surface area contributed by atoms with Crippen molar-refractivity contribution in [3.8, 4) is 22.5 Å². The van der Waals surface area contributed by atoms with Crippen molar-refractivity contribution in [1.82, 2.24) is 9.97 Å². The summed E-state index contributed by atoms with van der Waals surface area (Å²) in [6.07, 6.45) is -4.50. The Kier molecular flexibility index (Phi) is 3.25. The van der Waals surface area contributed by atoms with Crippen LogP contribution in [-0.2, 0) is 6.18 Å². The lowest BCUT2D eigenvalue weighted by atomic mass is 10.1. The number of H-pyrrole nitrogens is 1. The van der Waals surface area contributed by atoms with Crippen LogP contribution in [0.2, 0.25) is 0 Å². The van der Waals surface area contributed by atoms with E-state index in [9.17, 15) is 13.2 Å². The molecule has 0 radical (unpaired) electrons. The first-order valence-corrected chi connectivity index (χ1v) is 6.34. The Morgan fingerprint density at radius 1 is 0.762 bits per heavy atom. The largest absolute Gasteiger partial charge is 0.449 e. The van der Waals surface area contributed by atoms with Crippen molar-refractivity contribution in [2.45, 2.75) is 6.18 Å². The minimum absolute atomic E-state index is 0.300. The molecule has 2 nitrogen and oxygen atoms in total. The Hall–Kier alpha value is -2.56. The number of halogens is 3. The topological polar surface area (TPSA) is 28.7 Å². The molecule has 2 aromatic carbocycles. The molecule has 106 valence electrons. The molecule has 3 aromatic rings. The van der Waals surface area contributed by atoms with Gasteiger partial charge in [-0.2, -0.15) is 13.2 Å². The molecule has 0 unspecified atom stereocenters. The minimum atomic E-state index is -4.50. The van der Waals surface area contributed by atoms with Crippen LogP contribution >= 0.6 is 0 Å². The molecular formula is C16H11F3N2. The van der Waals surface area contributed by atoms with Crippen LogP contribution in [0.3, 0.4) is 0 Å². The van der Waals surface area contributed by atoms with Gasteiger partial charge in [0.25, 0.3) is 0 Å². The summed E-state index contributed by atoms with van der Waals surface area (Å²) in [5, 5.41) is 0. The number of nitrogens with one attached hydrogen (secondary N) is 1. The summed E-state index contributed by atoms with van der Waals surface area (Å²) in [7, 11) is 0. The summed E-state index contributed by atoms with van der Waals surface area (Å²) in [5.74, 6) is -0.986. The fourth-order valence-corrected chi connectivity index (χ4v) is 2.13. The van der Waals surface area contributed by atoms with Crippen LogP contribution in [0.25, 0.3) is 22.5 Å². The van der Waals surface area contributed by atoms with Gasteiger partial charge in [0.1, 0.15) is 0 Å². The lowest BCUT2D eigenvalue weighted by molar-refractivity contribution is -0.144. The average molecular weight is 288 g/mol. The van der Waals surface area contributed by atoms with Gasteiger partial charge in [0.2, 0.25) is 5.82 Å². The van der Waals surface area contributed by atoms with E-state index in [2.05, 4.69) is 9.97 Å². The van der Waals surface area contributed by atoms with Crippen LogP contribution in [0, 0.1) is 0 Å². The van der Waals surface area contributed by atoms with E-state index in [1.54, 1.807) is 48.5 Å². The highest BCUT2D eigenvalue weighted by atomic mass is 19.4. The average Bonchev–Trinajstić information content (AvgIpc) is 2.94. The zero-order valence-electron chi connectivity index (χ0n) is 10.9. The molecule has 0 spiro atoms. The SMILES string of the molecule is FC(F)(F)c1nc(-c2ccccc2)c(-c2ccccc2)[nH]1. The van der Waals surface area contributed by atoms with E-state index in [0.717, 1.165) is 0 Å². The van der Waals surface area contributed by atoms with E-state index in [0.29, 0.717) is 22.5 Å². The number of aromatic nitrogens is 2. The van der Waals surface area contributed by atoms with E-state index >= 15 is 0 Å². The Balaban J connectivity index is 2.20. The van der Waals surface area contributed by atoms with Gasteiger partial charge in [-0.05, 0) is 0 Å². The number of hydrogen-bond acceptors (Lipinski definition) is 1. The molecule has 3 rings (SSSR count). The van der Waals surface area contributed by atoms with Crippen LogP contribution in [0.15, 0.2) is 60.7 Å². The van der Waals surface area contributed by atoms with E-state index in [4.69, 9.17) is 0 Å². The molecule has 5 heteroatoms. The molecule has 1 aromatic heterocycles. The molecule has 0 saturated carbocycles. The summed E-state index contributed by atoms with van der Waals surface area (Å²) in [6, 6.07) is 17.7. The van der Waals surface area contributed by atoms with E-state index in [1.165, 1.54) is 0 Å². The van der Waals surface area contributed by atoms with Crippen molar-refractivity contribution < 1.29 is 13.2 Å². The molecule has 0 bridgehead atoms. The number of alkyl halides is 3. The third-order valence-corrected chi connectivity index (χ3v) is 3.08. The number of aromatic amines is 1. The fraction of sp³-hybridized carbons (Fsp3) is 0.0625. The van der Waals surface area contributed by atoms with Crippen LogP contribution in [0.4, 0.5) is 13.2 Å². The molecule has 0 aliphatic carbocycles. The Morgan fingerprint density at radius 2 is 1.29 bits per heavy atom. The van der Waals surface area contributed by atoms with Gasteiger partial charge in [-0.1, -0.05) is 60.7 Å². The van der Waals surface area contributed by atoms with E-state index < -0.39 is 12.0 Å². The third kappa shape index (κ3) is 2.67. The van der Waals surface area contributed by atoms with Crippen LogP contribution in [-0.4, -0.2) is 9.97 Å². The molecular weight excluding hydrogens is 277 g/mol. The van der Waals surface area contributed by atoms with Crippen LogP contribution in [0.5, 0.6) is 0 Å². The Labute approximate surface area is 119 Å². The number of benzene rings is 2. The predicted octanol–water partition coefficient (Wildman–Crippen LogP) is 4.76. The standard InChI is InChI=1S/C16H11F3N2/c17-16(18,19)15-20-13(11-7-3-1-4-8-11)14(21-15)12-9-5-2-6-10-12/h1-10H,(H,20,21). The zero-order chi connectivity index (χ0) is 14.9. The highest BCUT2D eigenvalue weighted by Gasteiger charge is 2.36. The van der Waals surface area contributed by atoms with Crippen molar-refractivity contribution in [2.75, 3.05) is 0 Å². The second-order valence-corrected chi connectivity index (χ2v) is 4.54. The second kappa shape index (κ2) is 5.09. The summed E-state index contributed by atoms with van der Waals surface area (Å²) < 4.78 is 38.8. The normalized spacial score (nSPS) is 11.6. The number of nitrogens with zero attached hydrogens (tertiary/aromatic N) is 1. The third-order valence-electron chi connectivity index (χ3n) is 3.08. The summed E-state index contributed by atoms with van der Waals surface area (Å²) >= 11 is 0. The first kappa shape index (κ1) is 13.4. The molecule has 0 atom stereocenters. The number of imidazole rings is 1. The van der Waals surface area contributed by atoms with Gasteiger partial charge >= 0.3 is 6.18 Å². The van der Waals surface area contributed by atoms with Gasteiger partial charge in [0.15, 0.2) is 0 Å². The lowest BCUT2D eigenvalue weighted by Crippen LogP contribution is -2.07. The summed E-state index contributed by atoms with van der Waals surface area (Å²) in [6.45, 7) is 0. The smallest absolute Gasteiger partial charge is 0.334 e. The van der Waals surface area contributed by atoms with Gasteiger partial charge in [-0.25, -0.2) is 4.98 Å². The second-order valence-electron chi connectivity index (χ2n) is 4.54. The molecule has 0 aliphatic heterocycles. The van der Waals surface area contributed by atoms with Gasteiger partial charge in [0.05, 0.1) is 11.4 Å². The number of rotatable bonds is 2. The van der Waals surface area contributed by atoms with E-state index in [-0.39, 0.29) is 0 Å². The van der Waals surface area contributed by atoms with Gasteiger partial charge < -0.3 is 4.98 Å². The quantitative estimate of drug-likeness (QED) is 0.723. The van der Waals surface area contributed by atoms with Gasteiger partial charge in [0, 0.05) is 11.1 Å². The van der Waals surface area contributed by atoms with Crippen LogP contribution < -0.4 is 0 Å². The maximum atomic E-state index is 12.9. The van der Waals surface area contributed by atoms with Crippen LogP contribution in [0.1, 0.15) is 5.82 Å². The molecule has 1 N–H and O–H groups in total. The van der Waals surface area contributed by atoms with Crippen molar-refractivity contribution in [2.24, 2.45) is 0 Å². The molecule has 0 aliphatic rings. The minimum Gasteiger partial charge on any atom is -0.334 e. The lowest BCUT2D eigenvalue weighted by Gasteiger charge is -2.02. The zero-order valence-corrected chi connectivity index (χ0v) is 10.9. The highest BCUT2D eigenvalue weighted by Crippen LogP contribution is 2.35. The van der Waals surface area contributed by atoms with Gasteiger partial charge in [-0.3, -0.25) is 0 Å². The van der Waals surface area contributed by atoms with Crippen molar-refractivity contribution in [3.05, 3.63) is 66.5 Å². The summed E-state index contributed by atoms with van der Waals surface area (Å²) in [5.41, 5.74) is 1.98. The Bertz CT molecular complexity index is 674. The molecule has 0 amide bonds. The predicted molar refractivity (Wildman–Crippen MR) is 74.5 cm³/mol. The van der Waals surface area contributed by atoms with E-state index in [1.807, 2.05) is 12.1 Å². The molecule has 21 heavy (non-hydrogen) atoms. The summed E-state index contributed by atoms with van der Waals surface area (Å²) in [4.78, 5) is 6.15. The maximum Gasteiger partial charge on any atom is 0.449 e. The number of hydrogen-bond donors (Lipinski definition) is 1. The monoisotopic (exact) mass is 288 g/mol. The van der Waals surface area contributed by atoms with Gasteiger partial charge in [-0.15, -0.1) is 0 Å².